The second-order valence-electron chi connectivity index (χ2n) is 10.3. The average Bonchev–Trinajstić information content (AvgIpc) is 3.52. The lowest BCUT2D eigenvalue weighted by Crippen LogP contribution is -2.46. The summed E-state index contributed by atoms with van der Waals surface area (Å²) in [5.41, 5.74) is -0.478. The lowest BCUT2D eigenvalue weighted by molar-refractivity contribution is -0.137. The van der Waals surface area contributed by atoms with Gasteiger partial charge in [-0.25, -0.2) is 27.3 Å². The molecule has 3 N–H and O–H groups in total. The summed E-state index contributed by atoms with van der Waals surface area (Å²) in [4.78, 5) is 12.7. The third-order valence-electron chi connectivity index (χ3n) is 7.22. The van der Waals surface area contributed by atoms with Crippen molar-refractivity contribution in [1.29, 1.82) is 0 Å². The van der Waals surface area contributed by atoms with E-state index in [0.717, 1.165) is 10.2 Å². The van der Waals surface area contributed by atoms with Crippen LogP contribution in [0.5, 0.6) is 0 Å². The highest BCUT2D eigenvalue weighted by Crippen LogP contribution is 2.41. The number of alkyl halides is 3. The van der Waals surface area contributed by atoms with Gasteiger partial charge in [0.2, 0.25) is 5.95 Å². The van der Waals surface area contributed by atoms with Crippen molar-refractivity contribution in [2.45, 2.75) is 43.5 Å². The molecular formula is C28H26F3N7O4S. The largest absolute Gasteiger partial charge is 0.419 e. The van der Waals surface area contributed by atoms with Crippen LogP contribution in [-0.2, 0) is 16.2 Å². The quantitative estimate of drug-likeness (QED) is 0.255. The number of aliphatic hydroxyl groups excluding tert-OH is 1. The number of pyridine rings is 1. The van der Waals surface area contributed by atoms with E-state index in [1.54, 1.807) is 38.1 Å². The number of halogens is 3. The van der Waals surface area contributed by atoms with Gasteiger partial charge in [-0.05, 0) is 44.5 Å². The van der Waals surface area contributed by atoms with E-state index < -0.39 is 33.6 Å². The summed E-state index contributed by atoms with van der Waals surface area (Å²) in [6.45, 7) is 4.22. The monoisotopic (exact) mass is 613 g/mol. The SMILES string of the molecule is Cc1noc(C)c1-c1ccc2c(-c3nc(N[C@@H]4CNC[C@H](O)C4)ncc3C(F)(F)F)cn(S(=O)(=O)c3ccccc3)c2n1. The van der Waals surface area contributed by atoms with Crippen LogP contribution >= 0.6 is 0 Å². The number of aliphatic hydroxyl groups is 1. The summed E-state index contributed by atoms with van der Waals surface area (Å²) >= 11 is 0. The predicted molar refractivity (Wildman–Crippen MR) is 151 cm³/mol. The molecule has 0 amide bonds. The van der Waals surface area contributed by atoms with Gasteiger partial charge in [-0.15, -0.1) is 0 Å². The Bertz CT molecular complexity index is 1900. The van der Waals surface area contributed by atoms with Crippen LogP contribution in [0.2, 0.25) is 0 Å². The van der Waals surface area contributed by atoms with Crippen LogP contribution in [0.15, 0.2) is 64.3 Å². The number of benzene rings is 1. The molecule has 5 aromatic rings. The Kier molecular flexibility index (Phi) is 7.18. The van der Waals surface area contributed by atoms with Crippen molar-refractivity contribution < 1.29 is 31.2 Å². The highest BCUT2D eigenvalue weighted by molar-refractivity contribution is 7.90. The van der Waals surface area contributed by atoms with Gasteiger partial charge < -0.3 is 20.3 Å². The van der Waals surface area contributed by atoms with E-state index in [0.29, 0.717) is 48.4 Å². The first kappa shape index (κ1) is 28.8. The van der Waals surface area contributed by atoms with Gasteiger partial charge in [-0.1, -0.05) is 23.4 Å². The molecule has 224 valence electrons. The summed E-state index contributed by atoms with van der Waals surface area (Å²) in [5, 5.41) is 20.1. The predicted octanol–water partition coefficient (Wildman–Crippen LogP) is 4.16. The molecule has 0 spiro atoms. The fourth-order valence-corrected chi connectivity index (χ4v) is 6.56. The maximum Gasteiger partial charge on any atom is 0.419 e. The van der Waals surface area contributed by atoms with Crippen molar-refractivity contribution in [2.75, 3.05) is 18.4 Å². The third-order valence-corrected chi connectivity index (χ3v) is 8.88. The average molecular weight is 614 g/mol. The van der Waals surface area contributed by atoms with Gasteiger partial charge in [0.1, 0.15) is 11.3 Å². The van der Waals surface area contributed by atoms with Gasteiger partial charge >= 0.3 is 6.18 Å². The zero-order valence-corrected chi connectivity index (χ0v) is 23.7. The number of piperidine rings is 1. The van der Waals surface area contributed by atoms with E-state index in [1.165, 1.54) is 18.2 Å². The molecule has 0 bridgehead atoms. The van der Waals surface area contributed by atoms with Gasteiger partial charge in [0.15, 0.2) is 5.65 Å². The number of β-amino-alcohol motifs (C(OH)–C–C–N with tert-alkyl or cyclic N) is 1. The number of hydrogen-bond donors (Lipinski definition) is 3. The normalized spacial score (nSPS) is 17.8. The number of aromatic nitrogens is 5. The zero-order valence-electron chi connectivity index (χ0n) is 22.9. The second kappa shape index (κ2) is 10.7. The Hall–Kier alpha value is -4.34. The van der Waals surface area contributed by atoms with E-state index >= 15 is 0 Å². The fraction of sp³-hybridized carbons (Fsp3) is 0.286. The van der Waals surface area contributed by atoms with Gasteiger partial charge in [0, 0.05) is 42.5 Å². The molecule has 0 radical (unpaired) electrons. The number of fused-ring (bicyclic) bond motifs is 1. The maximum absolute atomic E-state index is 14.3. The first-order valence-electron chi connectivity index (χ1n) is 13.3. The van der Waals surface area contributed by atoms with E-state index in [9.17, 15) is 26.7 Å². The molecule has 5 heterocycles. The maximum atomic E-state index is 14.3. The Labute approximate surface area is 243 Å². The summed E-state index contributed by atoms with van der Waals surface area (Å²) < 4.78 is 76.8. The molecule has 43 heavy (non-hydrogen) atoms. The van der Waals surface area contributed by atoms with Gasteiger partial charge in [0.05, 0.1) is 33.6 Å². The van der Waals surface area contributed by atoms with E-state index in [-0.39, 0.29) is 33.5 Å². The zero-order chi connectivity index (χ0) is 30.5. The smallest absolute Gasteiger partial charge is 0.392 e. The van der Waals surface area contributed by atoms with Crippen LogP contribution in [0.1, 0.15) is 23.4 Å². The molecular weight excluding hydrogens is 587 g/mol. The van der Waals surface area contributed by atoms with Crippen LogP contribution in [0.3, 0.4) is 0 Å². The van der Waals surface area contributed by atoms with Crippen LogP contribution in [0.25, 0.3) is 33.5 Å². The van der Waals surface area contributed by atoms with Crippen LogP contribution in [-0.4, -0.2) is 62.8 Å². The molecule has 0 saturated carbocycles. The standard InChI is InChI=1S/C28H26F3N7O4S/c1-15-24(16(2)42-37-15)23-9-8-20-21(14-38(26(20)35-23)43(40,41)19-6-4-3-5-7-19)25-22(28(29,30)31)13-33-27(36-25)34-17-10-18(39)12-32-11-17/h3-9,13-14,17-18,32,39H,10-12H2,1-2H3,(H,33,34,36)/t17-,18+/m0/s1. The minimum atomic E-state index is -4.85. The van der Waals surface area contributed by atoms with Crippen LogP contribution in [0, 0.1) is 13.8 Å². The molecule has 0 aliphatic carbocycles. The molecule has 0 unspecified atom stereocenters. The Morgan fingerprint density at radius 2 is 1.86 bits per heavy atom. The number of aryl methyl sites for hydroxylation is 2. The number of nitrogens with one attached hydrogen (secondary N) is 2. The lowest BCUT2D eigenvalue weighted by Gasteiger charge is -2.27. The van der Waals surface area contributed by atoms with Crippen molar-refractivity contribution in [3.8, 4) is 22.5 Å². The highest BCUT2D eigenvalue weighted by Gasteiger charge is 2.37. The third kappa shape index (κ3) is 5.34. The molecule has 6 rings (SSSR count). The van der Waals surface area contributed by atoms with Gasteiger partial charge in [-0.3, -0.25) is 0 Å². The van der Waals surface area contributed by atoms with E-state index in [4.69, 9.17) is 4.52 Å². The summed E-state index contributed by atoms with van der Waals surface area (Å²) in [7, 11) is -4.31. The molecule has 1 aliphatic rings. The molecule has 1 saturated heterocycles. The van der Waals surface area contributed by atoms with Crippen LogP contribution < -0.4 is 10.6 Å². The first-order chi connectivity index (χ1) is 20.4. The highest BCUT2D eigenvalue weighted by atomic mass is 32.2. The van der Waals surface area contributed by atoms with Crippen molar-refractivity contribution in [3.05, 3.63) is 71.9 Å². The summed E-state index contributed by atoms with van der Waals surface area (Å²) in [6.07, 6.45) is -3.38. The number of rotatable bonds is 6. The van der Waals surface area contributed by atoms with E-state index in [1.807, 2.05) is 0 Å². The summed E-state index contributed by atoms with van der Waals surface area (Å²) in [5.74, 6) is 0.345. The van der Waals surface area contributed by atoms with Gasteiger partial charge in [0.25, 0.3) is 10.0 Å². The Morgan fingerprint density at radius 3 is 2.53 bits per heavy atom. The van der Waals surface area contributed by atoms with Crippen molar-refractivity contribution in [1.82, 2.24) is 29.4 Å². The van der Waals surface area contributed by atoms with Crippen LogP contribution in [0.4, 0.5) is 19.1 Å². The Morgan fingerprint density at radius 1 is 1.09 bits per heavy atom. The molecule has 15 heteroatoms. The molecule has 1 aliphatic heterocycles. The topological polar surface area (TPSA) is 148 Å². The van der Waals surface area contributed by atoms with E-state index in [2.05, 4.69) is 30.7 Å². The summed E-state index contributed by atoms with van der Waals surface area (Å²) in [6, 6.07) is 10.3. The molecule has 1 fully saturated rings. The molecule has 4 aromatic heterocycles. The van der Waals surface area contributed by atoms with Crippen molar-refractivity contribution in [2.24, 2.45) is 0 Å². The fourth-order valence-electron chi connectivity index (χ4n) is 5.22. The number of hydrogen-bond acceptors (Lipinski definition) is 10. The lowest BCUT2D eigenvalue weighted by atomic mass is 10.0. The first-order valence-corrected chi connectivity index (χ1v) is 14.7. The van der Waals surface area contributed by atoms with Crippen molar-refractivity contribution >= 4 is 27.0 Å². The Balaban J connectivity index is 1.58. The minimum Gasteiger partial charge on any atom is -0.392 e. The van der Waals surface area contributed by atoms with Crippen molar-refractivity contribution in [3.63, 3.8) is 0 Å². The molecule has 11 nitrogen and oxygen atoms in total. The minimum absolute atomic E-state index is 0.0764. The number of anilines is 1. The number of nitrogens with zero attached hydrogens (tertiary/aromatic N) is 5. The molecule has 2 atom stereocenters. The van der Waals surface area contributed by atoms with Gasteiger partial charge in [-0.2, -0.15) is 13.2 Å². The molecule has 1 aromatic carbocycles. The second-order valence-corrected chi connectivity index (χ2v) is 12.1.